The van der Waals surface area contributed by atoms with Crippen molar-refractivity contribution in [1.82, 2.24) is 10.3 Å². The van der Waals surface area contributed by atoms with E-state index in [1.165, 1.54) is 6.07 Å². The van der Waals surface area contributed by atoms with Crippen molar-refractivity contribution in [2.45, 2.75) is 13.0 Å². The van der Waals surface area contributed by atoms with Crippen molar-refractivity contribution in [3.63, 3.8) is 0 Å². The largest absolute Gasteiger partial charge is 0.477 e. The van der Waals surface area contributed by atoms with Gasteiger partial charge in [0.1, 0.15) is 5.69 Å². The maximum atomic E-state index is 10.7. The molecule has 0 spiro atoms. The van der Waals surface area contributed by atoms with Crippen LogP contribution in [0.4, 0.5) is 0 Å². The minimum absolute atomic E-state index is 0.0912. The van der Waals surface area contributed by atoms with Crippen molar-refractivity contribution >= 4 is 5.97 Å². The molecule has 1 aromatic heterocycles. The van der Waals surface area contributed by atoms with Gasteiger partial charge in [-0.25, -0.2) is 9.78 Å². The van der Waals surface area contributed by atoms with Crippen molar-refractivity contribution in [2.24, 2.45) is 5.92 Å². The Balaban J connectivity index is 1.81. The molecule has 1 aromatic rings. The molecular formula is C12H16N2O3. The van der Waals surface area contributed by atoms with E-state index in [4.69, 9.17) is 9.84 Å². The Bertz CT molecular complexity index is 389. The summed E-state index contributed by atoms with van der Waals surface area (Å²) in [5.41, 5.74) is 0.845. The highest BCUT2D eigenvalue weighted by molar-refractivity contribution is 5.85. The van der Waals surface area contributed by atoms with Crippen LogP contribution in [0.1, 0.15) is 22.6 Å². The van der Waals surface area contributed by atoms with E-state index in [9.17, 15) is 4.79 Å². The third-order valence-electron chi connectivity index (χ3n) is 2.79. The van der Waals surface area contributed by atoms with Crippen LogP contribution in [0.25, 0.3) is 0 Å². The van der Waals surface area contributed by atoms with Crippen LogP contribution in [-0.4, -0.2) is 35.8 Å². The number of aromatic carboxylic acids is 1. The zero-order chi connectivity index (χ0) is 12.1. The van der Waals surface area contributed by atoms with Crippen molar-refractivity contribution < 1.29 is 14.6 Å². The van der Waals surface area contributed by atoms with E-state index < -0.39 is 5.97 Å². The van der Waals surface area contributed by atoms with Crippen LogP contribution < -0.4 is 5.32 Å². The van der Waals surface area contributed by atoms with Gasteiger partial charge >= 0.3 is 5.97 Å². The molecule has 1 aliphatic rings. The van der Waals surface area contributed by atoms with Crippen molar-refractivity contribution in [2.75, 3.05) is 19.8 Å². The Morgan fingerprint density at radius 1 is 1.59 bits per heavy atom. The maximum Gasteiger partial charge on any atom is 0.354 e. The fourth-order valence-corrected chi connectivity index (χ4v) is 1.85. The number of carboxylic acids is 1. The fourth-order valence-electron chi connectivity index (χ4n) is 1.85. The SMILES string of the molecule is O=C(O)c1cccc(CNCC2CCOC2)n1. The van der Waals surface area contributed by atoms with Crippen LogP contribution in [0.2, 0.25) is 0 Å². The minimum atomic E-state index is -0.990. The van der Waals surface area contributed by atoms with Crippen LogP contribution >= 0.6 is 0 Å². The molecule has 1 aliphatic heterocycles. The van der Waals surface area contributed by atoms with E-state index in [2.05, 4.69) is 10.3 Å². The molecule has 0 saturated carbocycles. The highest BCUT2D eigenvalue weighted by Crippen LogP contribution is 2.10. The first-order valence-corrected chi connectivity index (χ1v) is 5.73. The highest BCUT2D eigenvalue weighted by atomic mass is 16.5. The number of hydrogen-bond acceptors (Lipinski definition) is 4. The molecule has 0 aromatic carbocycles. The number of rotatable bonds is 5. The lowest BCUT2D eigenvalue weighted by Gasteiger charge is -2.09. The fraction of sp³-hybridized carbons (Fsp3) is 0.500. The molecule has 1 atom stereocenters. The van der Waals surface area contributed by atoms with Crippen molar-refractivity contribution in [1.29, 1.82) is 0 Å². The van der Waals surface area contributed by atoms with E-state index >= 15 is 0 Å². The normalized spacial score (nSPS) is 19.4. The highest BCUT2D eigenvalue weighted by Gasteiger charge is 2.14. The molecule has 1 unspecified atom stereocenters. The van der Waals surface area contributed by atoms with Gasteiger partial charge in [0.2, 0.25) is 0 Å². The smallest absolute Gasteiger partial charge is 0.354 e. The van der Waals surface area contributed by atoms with Gasteiger partial charge in [0, 0.05) is 19.7 Å². The van der Waals surface area contributed by atoms with Gasteiger partial charge in [-0.3, -0.25) is 0 Å². The van der Waals surface area contributed by atoms with Crippen LogP contribution in [0, 0.1) is 5.92 Å². The van der Waals surface area contributed by atoms with Gasteiger partial charge in [-0.2, -0.15) is 0 Å². The summed E-state index contributed by atoms with van der Waals surface area (Å²) in [5, 5.41) is 12.1. The Hall–Kier alpha value is -1.46. The topological polar surface area (TPSA) is 71.5 Å². The number of nitrogens with zero attached hydrogens (tertiary/aromatic N) is 1. The Morgan fingerprint density at radius 2 is 2.47 bits per heavy atom. The number of pyridine rings is 1. The molecule has 0 aliphatic carbocycles. The predicted molar refractivity (Wildman–Crippen MR) is 61.8 cm³/mol. The van der Waals surface area contributed by atoms with Crippen LogP contribution in [0.15, 0.2) is 18.2 Å². The second-order valence-corrected chi connectivity index (χ2v) is 4.18. The molecule has 0 amide bonds. The number of nitrogens with one attached hydrogen (secondary N) is 1. The van der Waals surface area contributed by atoms with Gasteiger partial charge in [0.25, 0.3) is 0 Å². The quantitative estimate of drug-likeness (QED) is 0.795. The lowest BCUT2D eigenvalue weighted by molar-refractivity contribution is 0.0690. The molecule has 2 heterocycles. The molecule has 1 saturated heterocycles. The summed E-state index contributed by atoms with van der Waals surface area (Å²) in [6.45, 7) is 3.14. The van der Waals surface area contributed by atoms with Crippen LogP contribution in [0.5, 0.6) is 0 Å². The third kappa shape index (κ3) is 3.51. The zero-order valence-corrected chi connectivity index (χ0v) is 9.56. The standard InChI is InChI=1S/C12H16N2O3/c15-12(16)11-3-1-2-10(14-11)7-13-6-9-4-5-17-8-9/h1-3,9,13H,4-8H2,(H,15,16). The van der Waals surface area contributed by atoms with Crippen molar-refractivity contribution in [3.8, 4) is 0 Å². The lowest BCUT2D eigenvalue weighted by Crippen LogP contribution is -2.23. The summed E-state index contributed by atoms with van der Waals surface area (Å²) in [6.07, 6.45) is 1.09. The van der Waals surface area contributed by atoms with Gasteiger partial charge in [0.05, 0.1) is 12.3 Å². The number of ether oxygens (including phenoxy) is 1. The van der Waals surface area contributed by atoms with Crippen LogP contribution in [-0.2, 0) is 11.3 Å². The van der Waals surface area contributed by atoms with E-state index in [0.29, 0.717) is 12.5 Å². The van der Waals surface area contributed by atoms with Gasteiger partial charge in [-0.15, -0.1) is 0 Å². The number of carbonyl (C=O) groups is 1. The van der Waals surface area contributed by atoms with E-state index in [-0.39, 0.29) is 5.69 Å². The second-order valence-electron chi connectivity index (χ2n) is 4.18. The first-order chi connectivity index (χ1) is 8.25. The van der Waals surface area contributed by atoms with Crippen molar-refractivity contribution in [3.05, 3.63) is 29.6 Å². The lowest BCUT2D eigenvalue weighted by atomic mass is 10.1. The Morgan fingerprint density at radius 3 is 3.18 bits per heavy atom. The minimum Gasteiger partial charge on any atom is -0.477 e. The first kappa shape index (κ1) is 12.0. The Labute approximate surface area is 99.8 Å². The second kappa shape index (κ2) is 5.75. The molecule has 92 valence electrons. The number of hydrogen-bond donors (Lipinski definition) is 2. The third-order valence-corrected chi connectivity index (χ3v) is 2.79. The van der Waals surface area contributed by atoms with E-state index in [0.717, 1.165) is 31.9 Å². The average Bonchev–Trinajstić information content (AvgIpc) is 2.82. The predicted octanol–water partition coefficient (Wildman–Crippen LogP) is 0.906. The molecule has 5 heteroatoms. The number of aromatic nitrogens is 1. The van der Waals surface area contributed by atoms with Crippen LogP contribution in [0.3, 0.4) is 0 Å². The van der Waals surface area contributed by atoms with Gasteiger partial charge in [0.15, 0.2) is 0 Å². The summed E-state index contributed by atoms with van der Waals surface area (Å²) in [4.78, 5) is 14.8. The average molecular weight is 236 g/mol. The maximum absolute atomic E-state index is 10.7. The monoisotopic (exact) mass is 236 g/mol. The molecule has 0 radical (unpaired) electrons. The Kier molecular flexibility index (Phi) is 4.06. The number of carboxylic acid groups (broad SMARTS) is 1. The molecule has 2 N–H and O–H groups in total. The van der Waals surface area contributed by atoms with Gasteiger partial charge in [-0.05, 0) is 24.5 Å². The first-order valence-electron chi connectivity index (χ1n) is 5.73. The van der Waals surface area contributed by atoms with E-state index in [1.807, 2.05) is 6.07 Å². The molecule has 5 nitrogen and oxygen atoms in total. The zero-order valence-electron chi connectivity index (χ0n) is 9.56. The molecule has 2 rings (SSSR count). The molecule has 17 heavy (non-hydrogen) atoms. The summed E-state index contributed by atoms with van der Waals surface area (Å²) in [5.74, 6) is -0.423. The summed E-state index contributed by atoms with van der Waals surface area (Å²) < 4.78 is 5.28. The van der Waals surface area contributed by atoms with Gasteiger partial charge < -0.3 is 15.2 Å². The summed E-state index contributed by atoms with van der Waals surface area (Å²) in [6, 6.07) is 5.04. The molecule has 0 bridgehead atoms. The molecular weight excluding hydrogens is 220 g/mol. The van der Waals surface area contributed by atoms with Gasteiger partial charge in [-0.1, -0.05) is 6.07 Å². The van der Waals surface area contributed by atoms with E-state index in [1.54, 1.807) is 6.07 Å². The summed E-state index contributed by atoms with van der Waals surface area (Å²) in [7, 11) is 0. The summed E-state index contributed by atoms with van der Waals surface area (Å²) >= 11 is 0. The molecule has 1 fully saturated rings.